The van der Waals surface area contributed by atoms with Gasteiger partial charge in [0.15, 0.2) is 0 Å². The summed E-state index contributed by atoms with van der Waals surface area (Å²) in [5.41, 5.74) is 3.98. The van der Waals surface area contributed by atoms with E-state index in [4.69, 9.17) is 9.72 Å². The molecule has 144 valence electrons. The number of anilines is 1. The Balaban J connectivity index is 1.64. The van der Waals surface area contributed by atoms with E-state index in [1.54, 1.807) is 18.5 Å². The molecule has 1 saturated heterocycles. The lowest BCUT2D eigenvalue weighted by atomic mass is 10.1. The van der Waals surface area contributed by atoms with Crippen LogP contribution in [0.1, 0.15) is 34.3 Å². The Kier molecular flexibility index (Phi) is 5.53. The fourth-order valence-electron chi connectivity index (χ4n) is 3.31. The van der Waals surface area contributed by atoms with Gasteiger partial charge in [-0.05, 0) is 49.2 Å². The molecule has 2 aromatic heterocycles. The van der Waals surface area contributed by atoms with Gasteiger partial charge in [-0.2, -0.15) is 0 Å². The number of carbonyl (C=O) groups excluding carboxylic acids is 1. The topological polar surface area (TPSA) is 55.3 Å². The first kappa shape index (κ1) is 18.7. The van der Waals surface area contributed by atoms with Crippen LogP contribution in [0.5, 0.6) is 0 Å². The van der Waals surface area contributed by atoms with Crippen molar-refractivity contribution in [2.75, 3.05) is 25.1 Å². The van der Waals surface area contributed by atoms with E-state index in [1.807, 2.05) is 42.5 Å². The van der Waals surface area contributed by atoms with Crippen molar-refractivity contribution >= 4 is 11.8 Å². The predicted molar refractivity (Wildman–Crippen MR) is 113 cm³/mol. The van der Waals surface area contributed by atoms with Gasteiger partial charge in [0, 0.05) is 42.2 Å². The molecule has 5 nitrogen and oxygen atoms in total. The van der Waals surface area contributed by atoms with Gasteiger partial charge < -0.3 is 9.64 Å². The minimum Gasteiger partial charge on any atom is -0.465 e. The third-order valence-electron chi connectivity index (χ3n) is 4.86. The van der Waals surface area contributed by atoms with Crippen molar-refractivity contribution in [2.24, 2.45) is 0 Å². The van der Waals surface area contributed by atoms with E-state index >= 15 is 0 Å². The molecule has 1 fully saturated rings. The molecule has 5 heteroatoms. The number of nitrogens with zero attached hydrogens (tertiary/aromatic N) is 3. The number of carbonyl (C=O) groups is 1. The minimum atomic E-state index is -0.354. The van der Waals surface area contributed by atoms with Crippen LogP contribution in [0, 0.1) is 11.8 Å². The molecule has 1 aromatic carbocycles. The summed E-state index contributed by atoms with van der Waals surface area (Å²) in [5.74, 6) is 6.71. The Hall–Kier alpha value is -3.65. The third kappa shape index (κ3) is 4.44. The Morgan fingerprint density at radius 1 is 1.03 bits per heavy atom. The number of esters is 1. The van der Waals surface area contributed by atoms with Gasteiger partial charge in [-0.3, -0.25) is 4.98 Å². The van der Waals surface area contributed by atoms with Gasteiger partial charge in [-0.15, -0.1) is 0 Å². The number of benzene rings is 1. The molecule has 1 aliphatic rings. The molecule has 0 N–H and O–H groups in total. The number of pyridine rings is 2. The van der Waals surface area contributed by atoms with E-state index in [0.717, 1.165) is 54.1 Å². The van der Waals surface area contributed by atoms with Crippen LogP contribution in [-0.2, 0) is 4.74 Å². The summed E-state index contributed by atoms with van der Waals surface area (Å²) in [4.78, 5) is 23.2. The summed E-state index contributed by atoms with van der Waals surface area (Å²) in [6, 6.07) is 15.3. The average Bonchev–Trinajstić information content (AvgIpc) is 3.33. The highest BCUT2D eigenvalue weighted by molar-refractivity contribution is 5.91. The Labute approximate surface area is 170 Å². The number of ether oxygens (including phenoxy) is 1. The van der Waals surface area contributed by atoms with Crippen LogP contribution in [0.2, 0.25) is 0 Å². The van der Waals surface area contributed by atoms with E-state index in [2.05, 4.69) is 21.7 Å². The third-order valence-corrected chi connectivity index (χ3v) is 4.86. The van der Waals surface area contributed by atoms with E-state index < -0.39 is 0 Å². The highest BCUT2D eigenvalue weighted by Crippen LogP contribution is 2.26. The standard InChI is InChI=1S/C24H21N3O2/c1-29-24(28)21-15-22(26-23(16-21)27-13-2-3-14-27)20-10-8-18(9-11-20)6-7-19-5-4-12-25-17-19/h4-5,8-12,15-17H,2-3,13-14H2,1H3. The van der Waals surface area contributed by atoms with Gasteiger partial charge in [0.25, 0.3) is 0 Å². The fourth-order valence-corrected chi connectivity index (χ4v) is 3.31. The minimum absolute atomic E-state index is 0.354. The Bertz CT molecular complexity index is 1060. The van der Waals surface area contributed by atoms with Crippen LogP contribution in [0.3, 0.4) is 0 Å². The molecule has 0 amide bonds. The van der Waals surface area contributed by atoms with E-state index in [1.165, 1.54) is 7.11 Å². The van der Waals surface area contributed by atoms with Crippen molar-refractivity contribution in [3.63, 3.8) is 0 Å². The molecule has 4 rings (SSSR count). The molecule has 3 heterocycles. The second kappa shape index (κ2) is 8.57. The zero-order chi connectivity index (χ0) is 20.1. The van der Waals surface area contributed by atoms with Crippen LogP contribution < -0.4 is 4.90 Å². The normalized spacial score (nSPS) is 12.9. The molecular formula is C24H21N3O2. The van der Waals surface area contributed by atoms with Gasteiger partial charge in [-0.25, -0.2) is 9.78 Å². The quantitative estimate of drug-likeness (QED) is 0.507. The fraction of sp³-hybridized carbons (Fsp3) is 0.208. The highest BCUT2D eigenvalue weighted by Gasteiger charge is 2.18. The molecule has 0 atom stereocenters. The molecule has 0 radical (unpaired) electrons. The molecule has 1 aliphatic heterocycles. The van der Waals surface area contributed by atoms with Gasteiger partial charge in [-0.1, -0.05) is 24.0 Å². The maximum Gasteiger partial charge on any atom is 0.338 e. The second-order valence-electron chi connectivity index (χ2n) is 6.85. The maximum atomic E-state index is 12.1. The summed E-state index contributed by atoms with van der Waals surface area (Å²) in [5, 5.41) is 0. The lowest BCUT2D eigenvalue weighted by Crippen LogP contribution is -2.20. The largest absolute Gasteiger partial charge is 0.465 e. The molecule has 0 spiro atoms. The first-order chi connectivity index (χ1) is 14.2. The SMILES string of the molecule is COC(=O)c1cc(-c2ccc(C#Cc3cccnc3)cc2)nc(N2CCCC2)c1. The van der Waals surface area contributed by atoms with Gasteiger partial charge >= 0.3 is 5.97 Å². The van der Waals surface area contributed by atoms with Gasteiger partial charge in [0.05, 0.1) is 18.4 Å². The van der Waals surface area contributed by atoms with E-state index in [0.29, 0.717) is 5.56 Å². The van der Waals surface area contributed by atoms with Crippen LogP contribution in [0.25, 0.3) is 11.3 Å². The van der Waals surface area contributed by atoms with Crippen molar-refractivity contribution in [2.45, 2.75) is 12.8 Å². The second-order valence-corrected chi connectivity index (χ2v) is 6.85. The highest BCUT2D eigenvalue weighted by atomic mass is 16.5. The van der Waals surface area contributed by atoms with Crippen molar-refractivity contribution < 1.29 is 9.53 Å². The van der Waals surface area contributed by atoms with Crippen molar-refractivity contribution in [3.05, 3.63) is 77.6 Å². The summed E-state index contributed by atoms with van der Waals surface area (Å²) in [6.45, 7) is 1.92. The van der Waals surface area contributed by atoms with Crippen molar-refractivity contribution in [1.29, 1.82) is 0 Å². The van der Waals surface area contributed by atoms with Crippen molar-refractivity contribution in [3.8, 4) is 23.1 Å². The zero-order valence-electron chi connectivity index (χ0n) is 16.3. The molecule has 0 aliphatic carbocycles. The first-order valence-corrected chi connectivity index (χ1v) is 9.61. The number of hydrogen-bond acceptors (Lipinski definition) is 5. The monoisotopic (exact) mass is 383 g/mol. The van der Waals surface area contributed by atoms with Crippen LogP contribution in [0.4, 0.5) is 5.82 Å². The molecule has 29 heavy (non-hydrogen) atoms. The lowest BCUT2D eigenvalue weighted by Gasteiger charge is -2.18. The smallest absolute Gasteiger partial charge is 0.338 e. The molecule has 3 aromatic rings. The summed E-state index contributed by atoms with van der Waals surface area (Å²) in [6.07, 6.45) is 5.75. The van der Waals surface area contributed by atoms with Crippen LogP contribution >= 0.6 is 0 Å². The summed E-state index contributed by atoms with van der Waals surface area (Å²) in [7, 11) is 1.40. The average molecular weight is 383 g/mol. The lowest BCUT2D eigenvalue weighted by molar-refractivity contribution is 0.0600. The number of rotatable bonds is 3. The summed E-state index contributed by atoms with van der Waals surface area (Å²) < 4.78 is 4.93. The van der Waals surface area contributed by atoms with Crippen LogP contribution in [-0.4, -0.2) is 36.1 Å². The zero-order valence-corrected chi connectivity index (χ0v) is 16.3. The van der Waals surface area contributed by atoms with E-state index in [9.17, 15) is 4.79 Å². The van der Waals surface area contributed by atoms with Gasteiger partial charge in [0.2, 0.25) is 0 Å². The Morgan fingerprint density at radius 3 is 2.48 bits per heavy atom. The first-order valence-electron chi connectivity index (χ1n) is 9.61. The molecule has 0 bridgehead atoms. The summed E-state index contributed by atoms with van der Waals surface area (Å²) >= 11 is 0. The maximum absolute atomic E-state index is 12.1. The number of aromatic nitrogens is 2. The predicted octanol–water partition coefficient (Wildman–Crippen LogP) is 3.93. The Morgan fingerprint density at radius 2 is 1.79 bits per heavy atom. The molecule has 0 saturated carbocycles. The van der Waals surface area contributed by atoms with Crippen LogP contribution in [0.15, 0.2) is 60.9 Å². The van der Waals surface area contributed by atoms with Gasteiger partial charge in [0.1, 0.15) is 5.82 Å². The molecular weight excluding hydrogens is 362 g/mol. The van der Waals surface area contributed by atoms with E-state index in [-0.39, 0.29) is 5.97 Å². The molecule has 0 unspecified atom stereocenters. The number of hydrogen-bond donors (Lipinski definition) is 0. The van der Waals surface area contributed by atoms with Crippen molar-refractivity contribution in [1.82, 2.24) is 9.97 Å². The number of methoxy groups -OCH3 is 1.